The van der Waals surface area contributed by atoms with Gasteiger partial charge in [-0.05, 0) is 43.4 Å². The van der Waals surface area contributed by atoms with Crippen molar-refractivity contribution in [1.82, 2.24) is 4.90 Å². The Balaban J connectivity index is 1.67. The maximum Gasteiger partial charge on any atom is 0.307 e. The van der Waals surface area contributed by atoms with Gasteiger partial charge in [0.15, 0.2) is 11.5 Å². The van der Waals surface area contributed by atoms with E-state index in [1.54, 1.807) is 36.1 Å². The molecule has 1 aliphatic carbocycles. The minimum absolute atomic E-state index is 0.145. The Morgan fingerprint density at radius 2 is 1.77 bits per heavy atom. The molecule has 0 N–H and O–H groups in total. The van der Waals surface area contributed by atoms with Crippen molar-refractivity contribution in [2.24, 2.45) is 0 Å². The van der Waals surface area contributed by atoms with Crippen molar-refractivity contribution in [2.45, 2.75) is 44.2 Å². The van der Waals surface area contributed by atoms with E-state index >= 15 is 0 Å². The van der Waals surface area contributed by atoms with Crippen LogP contribution in [0.5, 0.6) is 11.5 Å². The number of hydrogen-bond acceptors (Lipinski definition) is 7. The molecule has 30 heavy (non-hydrogen) atoms. The summed E-state index contributed by atoms with van der Waals surface area (Å²) >= 11 is 1.30. The summed E-state index contributed by atoms with van der Waals surface area (Å²) < 4.78 is 16.4. The number of esters is 1. The first kappa shape index (κ1) is 20.4. The Kier molecular flexibility index (Phi) is 5.76. The van der Waals surface area contributed by atoms with Crippen LogP contribution in [0.15, 0.2) is 29.0 Å². The molecule has 7 nitrogen and oxygen atoms in total. The number of benzene rings is 1. The van der Waals surface area contributed by atoms with E-state index in [4.69, 9.17) is 14.2 Å². The van der Waals surface area contributed by atoms with E-state index in [1.807, 2.05) is 0 Å². The van der Waals surface area contributed by atoms with Gasteiger partial charge in [-0.1, -0.05) is 6.07 Å². The zero-order chi connectivity index (χ0) is 21.3. The molecule has 2 aromatic rings. The average Bonchev–Trinajstić information content (AvgIpc) is 3.48. The molecule has 4 rings (SSSR count). The number of imide groups is 1. The summed E-state index contributed by atoms with van der Waals surface area (Å²) in [6.07, 6.45) is 4.33. The first-order valence-corrected chi connectivity index (χ1v) is 10.8. The molecule has 2 amide bonds. The van der Waals surface area contributed by atoms with E-state index in [0.29, 0.717) is 28.2 Å². The highest BCUT2D eigenvalue weighted by Crippen LogP contribution is 2.39. The van der Waals surface area contributed by atoms with Crippen molar-refractivity contribution in [3.63, 3.8) is 0 Å². The van der Waals surface area contributed by atoms with Gasteiger partial charge < -0.3 is 14.2 Å². The van der Waals surface area contributed by atoms with Crippen LogP contribution in [0.4, 0.5) is 0 Å². The molecule has 0 spiro atoms. The summed E-state index contributed by atoms with van der Waals surface area (Å²) in [4.78, 5) is 39.1. The number of carbonyl (C=O) groups is 3. The van der Waals surface area contributed by atoms with Crippen molar-refractivity contribution in [2.75, 3.05) is 14.2 Å². The second kappa shape index (κ2) is 8.47. The molecular formula is C22H23NO6S. The lowest BCUT2D eigenvalue weighted by atomic mass is 10.0. The van der Waals surface area contributed by atoms with Gasteiger partial charge in [-0.3, -0.25) is 19.3 Å². The topological polar surface area (TPSA) is 82.1 Å². The first-order valence-electron chi connectivity index (χ1n) is 9.89. The lowest BCUT2D eigenvalue weighted by Gasteiger charge is -2.27. The molecule has 1 atom stereocenters. The molecule has 1 aliphatic heterocycles. The number of nitrogens with zero attached hydrogens (tertiary/aromatic N) is 1. The minimum atomic E-state index is -0.802. The molecule has 2 heterocycles. The lowest BCUT2D eigenvalue weighted by molar-refractivity contribution is -0.141. The number of hydrogen-bond donors (Lipinski definition) is 0. The quantitative estimate of drug-likeness (QED) is 0.489. The maximum atomic E-state index is 12.9. The summed E-state index contributed by atoms with van der Waals surface area (Å²) in [6, 6.07) is 4.47. The van der Waals surface area contributed by atoms with Crippen molar-refractivity contribution in [1.29, 1.82) is 0 Å². The lowest BCUT2D eigenvalue weighted by Crippen LogP contribution is -2.35. The van der Waals surface area contributed by atoms with E-state index in [2.05, 4.69) is 0 Å². The Morgan fingerprint density at radius 1 is 1.10 bits per heavy atom. The Morgan fingerprint density at radius 3 is 2.37 bits per heavy atom. The van der Waals surface area contributed by atoms with E-state index in [1.165, 1.54) is 18.4 Å². The van der Waals surface area contributed by atoms with Crippen molar-refractivity contribution >= 4 is 29.1 Å². The third-order valence-corrected chi connectivity index (χ3v) is 6.37. The third-order valence-electron chi connectivity index (χ3n) is 5.63. The minimum Gasteiger partial charge on any atom is -0.493 e. The fourth-order valence-corrected chi connectivity index (χ4v) is 4.83. The van der Waals surface area contributed by atoms with E-state index < -0.39 is 23.8 Å². The number of methoxy groups -OCH3 is 2. The number of carbonyl (C=O) groups excluding carboxylic acids is 3. The van der Waals surface area contributed by atoms with Gasteiger partial charge in [-0.2, -0.15) is 11.3 Å². The first-order chi connectivity index (χ1) is 14.5. The van der Waals surface area contributed by atoms with E-state index in [9.17, 15) is 14.4 Å². The van der Waals surface area contributed by atoms with Crippen LogP contribution in [0.25, 0.3) is 0 Å². The average molecular weight is 429 g/mol. The highest BCUT2D eigenvalue weighted by atomic mass is 32.1. The molecule has 1 aromatic carbocycles. The van der Waals surface area contributed by atoms with Crippen LogP contribution in [-0.2, 0) is 9.53 Å². The highest BCUT2D eigenvalue weighted by molar-refractivity contribution is 7.08. The van der Waals surface area contributed by atoms with Crippen molar-refractivity contribution < 1.29 is 28.6 Å². The van der Waals surface area contributed by atoms with Crippen LogP contribution in [0, 0.1) is 0 Å². The normalized spacial score (nSPS) is 17.2. The molecule has 1 fully saturated rings. The molecule has 1 unspecified atom stereocenters. The number of ether oxygens (including phenoxy) is 3. The maximum absolute atomic E-state index is 12.9. The van der Waals surface area contributed by atoms with Crippen molar-refractivity contribution in [3.05, 3.63) is 45.6 Å². The summed E-state index contributed by atoms with van der Waals surface area (Å²) in [5.74, 6) is -0.212. The smallest absolute Gasteiger partial charge is 0.307 e. The van der Waals surface area contributed by atoms with Crippen LogP contribution in [0.2, 0.25) is 0 Å². The molecule has 158 valence electrons. The number of rotatable bonds is 7. The van der Waals surface area contributed by atoms with Gasteiger partial charge >= 0.3 is 5.97 Å². The molecule has 0 bridgehead atoms. The van der Waals surface area contributed by atoms with Crippen molar-refractivity contribution in [3.8, 4) is 11.5 Å². The molecule has 0 radical (unpaired) electrons. The van der Waals surface area contributed by atoms with Gasteiger partial charge in [-0.25, -0.2) is 0 Å². The number of thiophene rings is 1. The van der Waals surface area contributed by atoms with Gasteiger partial charge in [-0.15, -0.1) is 0 Å². The monoisotopic (exact) mass is 429 g/mol. The van der Waals surface area contributed by atoms with Crippen LogP contribution >= 0.6 is 11.3 Å². The van der Waals surface area contributed by atoms with E-state index in [-0.39, 0.29) is 12.5 Å². The fourth-order valence-electron chi connectivity index (χ4n) is 4.04. The van der Waals surface area contributed by atoms with Crippen LogP contribution in [0.1, 0.15) is 64.4 Å². The summed E-state index contributed by atoms with van der Waals surface area (Å²) in [6.45, 7) is 0. The van der Waals surface area contributed by atoms with Gasteiger partial charge in [0.1, 0.15) is 0 Å². The highest BCUT2D eigenvalue weighted by Gasteiger charge is 2.42. The Bertz CT molecular complexity index is 947. The second-order valence-electron chi connectivity index (χ2n) is 7.41. The number of fused-ring (bicyclic) bond motifs is 1. The van der Waals surface area contributed by atoms with Crippen LogP contribution < -0.4 is 9.47 Å². The van der Waals surface area contributed by atoms with Gasteiger partial charge in [0.05, 0.1) is 43.9 Å². The SMILES string of the molecule is COC(=O)CC(c1ccc(OC2CCCC2)c(OC)c1)N1C(=O)c2cscc2C1=O. The molecule has 1 aromatic heterocycles. The van der Waals surface area contributed by atoms with Gasteiger partial charge in [0, 0.05) is 10.8 Å². The predicted molar refractivity (Wildman–Crippen MR) is 110 cm³/mol. The second-order valence-corrected chi connectivity index (χ2v) is 8.15. The zero-order valence-electron chi connectivity index (χ0n) is 16.9. The third kappa shape index (κ3) is 3.67. The largest absolute Gasteiger partial charge is 0.493 e. The fraction of sp³-hybridized carbons (Fsp3) is 0.409. The van der Waals surface area contributed by atoms with Gasteiger partial charge in [0.2, 0.25) is 0 Å². The molecular weight excluding hydrogens is 406 g/mol. The number of amides is 2. The molecule has 1 saturated carbocycles. The molecule has 2 aliphatic rings. The standard InChI is InChI=1S/C22H23NO6S/c1-27-19-9-13(7-8-18(19)29-14-5-3-4-6-14)17(10-20(24)28-2)23-21(25)15-11-30-12-16(15)22(23)26/h7-9,11-12,14,17H,3-6,10H2,1-2H3. The Labute approximate surface area is 178 Å². The van der Waals surface area contributed by atoms with Crippen LogP contribution in [-0.4, -0.2) is 43.0 Å². The molecule has 0 saturated heterocycles. The van der Waals surface area contributed by atoms with E-state index in [0.717, 1.165) is 30.6 Å². The molecule has 8 heteroatoms. The summed E-state index contributed by atoms with van der Waals surface area (Å²) in [7, 11) is 2.82. The predicted octanol–water partition coefficient (Wildman–Crippen LogP) is 3.98. The Hall–Kier alpha value is -2.87. The summed E-state index contributed by atoms with van der Waals surface area (Å²) in [5, 5.41) is 3.31. The van der Waals surface area contributed by atoms with Crippen LogP contribution in [0.3, 0.4) is 0 Å². The summed E-state index contributed by atoms with van der Waals surface area (Å²) in [5.41, 5.74) is 1.34. The van der Waals surface area contributed by atoms with Gasteiger partial charge in [0.25, 0.3) is 11.8 Å². The zero-order valence-corrected chi connectivity index (χ0v) is 17.7.